The van der Waals surface area contributed by atoms with Gasteiger partial charge in [-0.05, 0) is 44.7 Å². The van der Waals surface area contributed by atoms with Gasteiger partial charge in [-0.25, -0.2) is 0 Å². The first kappa shape index (κ1) is 16.7. The summed E-state index contributed by atoms with van der Waals surface area (Å²) in [6.45, 7) is 6.23. The Morgan fingerprint density at radius 1 is 1.09 bits per heavy atom. The first-order valence-electron chi connectivity index (χ1n) is 7.97. The molecule has 0 fully saturated rings. The van der Waals surface area contributed by atoms with Crippen LogP contribution in [0.15, 0.2) is 24.3 Å². The highest BCUT2D eigenvalue weighted by molar-refractivity contribution is 6.21. The van der Waals surface area contributed by atoms with Crippen molar-refractivity contribution in [2.24, 2.45) is 5.92 Å². The number of hydrogen-bond donors (Lipinski definition) is 1. The van der Waals surface area contributed by atoms with Gasteiger partial charge in [0.1, 0.15) is 0 Å². The number of nitrogens with zero attached hydrogens (tertiary/aromatic N) is 1. The lowest BCUT2D eigenvalue weighted by Crippen LogP contribution is -2.31. The van der Waals surface area contributed by atoms with Gasteiger partial charge in [0.2, 0.25) is 0 Å². The second-order valence-electron chi connectivity index (χ2n) is 6.91. The average molecular weight is 303 g/mol. The molecular formula is C18H25NO3. The third kappa shape index (κ3) is 3.95. The maximum Gasteiger partial charge on any atom is 0.261 e. The topological polar surface area (TPSA) is 57.6 Å². The van der Waals surface area contributed by atoms with Crippen molar-refractivity contribution in [3.05, 3.63) is 35.4 Å². The number of aliphatic hydroxyl groups is 1. The Labute approximate surface area is 132 Å². The van der Waals surface area contributed by atoms with Crippen LogP contribution in [0, 0.1) is 5.92 Å². The number of benzene rings is 1. The standard InChI is InChI=1S/C18H25NO3/c1-13(7-6-11-18(2,3)22)10-12-19-16(20)14-8-4-5-9-15(14)17(19)21/h4-5,8-9,13,22H,6-7,10-12H2,1-3H3. The third-order valence-electron chi connectivity index (χ3n) is 4.21. The van der Waals surface area contributed by atoms with Gasteiger partial charge in [-0.1, -0.05) is 31.9 Å². The molecule has 1 aromatic rings. The van der Waals surface area contributed by atoms with Gasteiger partial charge in [-0.2, -0.15) is 0 Å². The summed E-state index contributed by atoms with van der Waals surface area (Å²) < 4.78 is 0. The van der Waals surface area contributed by atoms with E-state index >= 15 is 0 Å². The Bertz CT molecular complexity index is 525. The van der Waals surface area contributed by atoms with E-state index in [0.717, 1.165) is 25.7 Å². The molecule has 4 heteroatoms. The lowest BCUT2D eigenvalue weighted by molar-refractivity contribution is 0.0640. The number of imide groups is 1. The lowest BCUT2D eigenvalue weighted by Gasteiger charge is -2.20. The largest absolute Gasteiger partial charge is 0.390 e. The number of amides is 2. The highest BCUT2D eigenvalue weighted by Crippen LogP contribution is 2.24. The van der Waals surface area contributed by atoms with Crippen LogP contribution in [0.1, 0.15) is 67.2 Å². The van der Waals surface area contributed by atoms with Crippen LogP contribution in [0.2, 0.25) is 0 Å². The molecule has 1 aliphatic heterocycles. The quantitative estimate of drug-likeness (QED) is 0.787. The van der Waals surface area contributed by atoms with Crippen LogP contribution in [0.5, 0.6) is 0 Å². The molecule has 2 amide bonds. The molecule has 0 saturated carbocycles. The van der Waals surface area contributed by atoms with Gasteiger partial charge in [-0.15, -0.1) is 0 Å². The highest BCUT2D eigenvalue weighted by Gasteiger charge is 2.34. The van der Waals surface area contributed by atoms with E-state index in [0.29, 0.717) is 23.6 Å². The van der Waals surface area contributed by atoms with Gasteiger partial charge in [0.15, 0.2) is 0 Å². The molecule has 120 valence electrons. The summed E-state index contributed by atoms with van der Waals surface area (Å²) in [6, 6.07) is 6.99. The van der Waals surface area contributed by atoms with E-state index in [1.165, 1.54) is 4.90 Å². The monoisotopic (exact) mass is 303 g/mol. The molecule has 0 spiro atoms. The molecule has 0 saturated heterocycles. The number of hydrogen-bond acceptors (Lipinski definition) is 3. The molecule has 1 unspecified atom stereocenters. The van der Waals surface area contributed by atoms with E-state index in [1.54, 1.807) is 24.3 Å². The summed E-state index contributed by atoms with van der Waals surface area (Å²) in [5, 5.41) is 9.71. The van der Waals surface area contributed by atoms with E-state index < -0.39 is 5.60 Å². The van der Waals surface area contributed by atoms with Crippen LogP contribution in [0.3, 0.4) is 0 Å². The summed E-state index contributed by atoms with van der Waals surface area (Å²) in [7, 11) is 0. The van der Waals surface area contributed by atoms with Crippen molar-refractivity contribution in [1.29, 1.82) is 0 Å². The van der Waals surface area contributed by atoms with Gasteiger partial charge in [0.25, 0.3) is 11.8 Å². The zero-order chi connectivity index (χ0) is 16.3. The Morgan fingerprint density at radius 2 is 1.64 bits per heavy atom. The summed E-state index contributed by atoms with van der Waals surface area (Å²) in [5.74, 6) is 0.0697. The summed E-state index contributed by atoms with van der Waals surface area (Å²) in [6.07, 6.45) is 3.52. The zero-order valence-corrected chi connectivity index (χ0v) is 13.6. The molecule has 4 nitrogen and oxygen atoms in total. The van der Waals surface area contributed by atoms with Crippen LogP contribution in [-0.2, 0) is 0 Å². The minimum Gasteiger partial charge on any atom is -0.390 e. The second-order valence-corrected chi connectivity index (χ2v) is 6.91. The van der Waals surface area contributed by atoms with Crippen molar-refractivity contribution >= 4 is 11.8 Å². The molecule has 1 atom stereocenters. The maximum atomic E-state index is 12.2. The smallest absolute Gasteiger partial charge is 0.261 e. The molecule has 0 aromatic heterocycles. The molecule has 0 radical (unpaired) electrons. The molecule has 2 rings (SSSR count). The van der Waals surface area contributed by atoms with Gasteiger partial charge in [0, 0.05) is 6.54 Å². The van der Waals surface area contributed by atoms with Crippen molar-refractivity contribution < 1.29 is 14.7 Å². The minimum absolute atomic E-state index is 0.177. The molecule has 22 heavy (non-hydrogen) atoms. The molecule has 1 aromatic carbocycles. The van der Waals surface area contributed by atoms with E-state index in [4.69, 9.17) is 0 Å². The van der Waals surface area contributed by atoms with Crippen molar-refractivity contribution in [2.75, 3.05) is 6.54 Å². The van der Waals surface area contributed by atoms with Gasteiger partial charge in [-0.3, -0.25) is 14.5 Å². The molecule has 0 aliphatic carbocycles. The first-order chi connectivity index (χ1) is 10.3. The molecule has 1 heterocycles. The molecule has 1 N–H and O–H groups in total. The molecule has 0 bridgehead atoms. The Hall–Kier alpha value is -1.68. The Kier molecular flexibility index (Phi) is 5.01. The van der Waals surface area contributed by atoms with Crippen LogP contribution in [-0.4, -0.2) is 34.0 Å². The zero-order valence-electron chi connectivity index (χ0n) is 13.6. The van der Waals surface area contributed by atoms with Crippen molar-refractivity contribution in [2.45, 2.75) is 52.1 Å². The fourth-order valence-electron chi connectivity index (χ4n) is 2.82. The van der Waals surface area contributed by atoms with Crippen molar-refractivity contribution in [3.63, 3.8) is 0 Å². The summed E-state index contributed by atoms with van der Waals surface area (Å²) in [4.78, 5) is 25.8. The van der Waals surface area contributed by atoms with Crippen LogP contribution in [0.4, 0.5) is 0 Å². The number of rotatable bonds is 7. The van der Waals surface area contributed by atoms with Crippen LogP contribution in [0.25, 0.3) is 0 Å². The van der Waals surface area contributed by atoms with E-state index in [-0.39, 0.29) is 11.8 Å². The predicted molar refractivity (Wildman–Crippen MR) is 85.7 cm³/mol. The van der Waals surface area contributed by atoms with Crippen molar-refractivity contribution in [3.8, 4) is 0 Å². The van der Waals surface area contributed by atoms with E-state index in [1.807, 2.05) is 13.8 Å². The van der Waals surface area contributed by atoms with Crippen LogP contribution < -0.4 is 0 Å². The lowest BCUT2D eigenvalue weighted by atomic mass is 9.95. The maximum absolute atomic E-state index is 12.2. The van der Waals surface area contributed by atoms with Gasteiger partial charge in [0.05, 0.1) is 16.7 Å². The minimum atomic E-state index is -0.623. The Balaban J connectivity index is 1.83. The summed E-state index contributed by atoms with van der Waals surface area (Å²) in [5.41, 5.74) is 0.409. The average Bonchev–Trinajstić information content (AvgIpc) is 2.68. The SMILES string of the molecule is CC(CCCC(C)(C)O)CCN1C(=O)c2ccccc2C1=O. The van der Waals surface area contributed by atoms with E-state index in [2.05, 4.69) is 6.92 Å². The van der Waals surface area contributed by atoms with Crippen molar-refractivity contribution in [1.82, 2.24) is 4.90 Å². The van der Waals surface area contributed by atoms with Crippen LogP contribution >= 0.6 is 0 Å². The number of carbonyl (C=O) groups is 2. The highest BCUT2D eigenvalue weighted by atomic mass is 16.3. The number of fused-ring (bicyclic) bond motifs is 1. The van der Waals surface area contributed by atoms with Gasteiger partial charge < -0.3 is 5.11 Å². The van der Waals surface area contributed by atoms with Gasteiger partial charge >= 0.3 is 0 Å². The third-order valence-corrected chi connectivity index (χ3v) is 4.21. The Morgan fingerprint density at radius 3 is 2.14 bits per heavy atom. The first-order valence-corrected chi connectivity index (χ1v) is 7.97. The summed E-state index contributed by atoms with van der Waals surface area (Å²) >= 11 is 0. The predicted octanol–water partition coefficient (Wildman–Crippen LogP) is 3.25. The normalized spacial score (nSPS) is 16.1. The number of carbonyl (C=O) groups excluding carboxylic acids is 2. The molecule has 1 aliphatic rings. The fraction of sp³-hybridized carbons (Fsp3) is 0.556. The van der Waals surface area contributed by atoms with E-state index in [9.17, 15) is 14.7 Å². The second kappa shape index (κ2) is 6.61. The fourth-order valence-corrected chi connectivity index (χ4v) is 2.82. The molecular weight excluding hydrogens is 278 g/mol.